The minimum atomic E-state index is -5.69. The topological polar surface area (TPSA) is 39.2 Å². The number of rotatable bonds is 2. The van der Waals surface area contributed by atoms with Crippen molar-refractivity contribution in [3.63, 3.8) is 0 Å². The summed E-state index contributed by atoms with van der Waals surface area (Å²) in [5.74, 6) is -5.32. The number of alkyl halides is 5. The van der Waals surface area contributed by atoms with E-state index in [9.17, 15) is 22.0 Å². The van der Waals surface area contributed by atoms with E-state index in [1.165, 1.54) is 13.8 Å². The van der Waals surface area contributed by atoms with Crippen LogP contribution in [0.4, 0.5) is 22.0 Å². The normalized spacial score (nSPS) is 15.2. The van der Waals surface area contributed by atoms with Gasteiger partial charge < -0.3 is 10.2 Å². The molecular weight excluding hydrogens is 233 g/mol. The lowest BCUT2D eigenvalue weighted by Gasteiger charge is -2.24. The van der Waals surface area contributed by atoms with Crippen molar-refractivity contribution >= 4 is 0 Å². The van der Waals surface area contributed by atoms with Gasteiger partial charge in [0.05, 0.1) is 0 Å². The second-order valence-corrected chi connectivity index (χ2v) is 3.49. The molecule has 0 unspecified atom stereocenters. The van der Waals surface area contributed by atoms with Gasteiger partial charge in [0, 0.05) is 0 Å². The number of hydrogen-bond donors (Lipinski definition) is 1. The van der Waals surface area contributed by atoms with Crippen LogP contribution in [-0.4, -0.2) is 12.1 Å². The lowest BCUT2D eigenvalue weighted by atomic mass is 10.1. The molecule has 0 spiro atoms. The average molecular weight is 243 g/mol. The fraction of sp³-hybridized carbons (Fsp3) is 0.556. The van der Waals surface area contributed by atoms with Crippen LogP contribution in [0.5, 0.6) is 0 Å². The maximum atomic E-state index is 12.8. The Morgan fingerprint density at radius 2 is 1.69 bits per heavy atom. The van der Waals surface area contributed by atoms with Gasteiger partial charge in [-0.1, -0.05) is 0 Å². The van der Waals surface area contributed by atoms with Gasteiger partial charge in [-0.3, -0.25) is 0 Å². The molecule has 2 N–H and O–H groups in total. The second-order valence-electron chi connectivity index (χ2n) is 3.49. The molecule has 1 atom stereocenters. The maximum Gasteiger partial charge on any atom is 0.455 e. The van der Waals surface area contributed by atoms with Gasteiger partial charge in [-0.05, 0) is 25.5 Å². The molecule has 1 aromatic heterocycles. The van der Waals surface area contributed by atoms with Crippen molar-refractivity contribution in [2.24, 2.45) is 5.73 Å². The van der Waals surface area contributed by atoms with E-state index in [1.54, 1.807) is 0 Å². The lowest BCUT2D eigenvalue weighted by molar-refractivity contribution is -0.292. The molecule has 0 aliphatic rings. The molecule has 0 amide bonds. The lowest BCUT2D eigenvalue weighted by Crippen LogP contribution is -2.45. The zero-order chi connectivity index (χ0) is 12.7. The van der Waals surface area contributed by atoms with Gasteiger partial charge in [0.15, 0.2) is 0 Å². The first-order chi connectivity index (χ1) is 7.07. The van der Waals surface area contributed by atoms with E-state index in [-0.39, 0.29) is 5.76 Å². The number of hydrogen-bond acceptors (Lipinski definition) is 2. The highest BCUT2D eigenvalue weighted by atomic mass is 19.4. The Kier molecular flexibility index (Phi) is 3.02. The molecule has 1 rings (SSSR count). The van der Waals surface area contributed by atoms with Gasteiger partial charge in [-0.2, -0.15) is 22.0 Å². The summed E-state index contributed by atoms with van der Waals surface area (Å²) in [7, 11) is 0. The van der Waals surface area contributed by atoms with Crippen LogP contribution in [0, 0.1) is 13.8 Å². The van der Waals surface area contributed by atoms with E-state index in [4.69, 9.17) is 10.2 Å². The Labute approximate surface area is 88.2 Å². The van der Waals surface area contributed by atoms with Crippen LogP contribution in [0.1, 0.15) is 23.1 Å². The molecule has 0 radical (unpaired) electrons. The van der Waals surface area contributed by atoms with Crippen molar-refractivity contribution in [1.29, 1.82) is 0 Å². The summed E-state index contributed by atoms with van der Waals surface area (Å²) in [6.07, 6.45) is -5.69. The van der Waals surface area contributed by atoms with Gasteiger partial charge in [-0.25, -0.2) is 0 Å². The molecule has 1 aromatic rings. The average Bonchev–Trinajstić information content (AvgIpc) is 2.43. The Bertz CT molecular complexity index is 362. The molecule has 7 heteroatoms. The largest absolute Gasteiger partial charge is 0.464 e. The highest BCUT2D eigenvalue weighted by molar-refractivity contribution is 5.22. The van der Waals surface area contributed by atoms with E-state index in [1.807, 2.05) is 0 Å². The summed E-state index contributed by atoms with van der Waals surface area (Å²) >= 11 is 0. The molecule has 0 aromatic carbocycles. The summed E-state index contributed by atoms with van der Waals surface area (Å²) in [5, 5.41) is 0. The van der Waals surface area contributed by atoms with Crippen molar-refractivity contribution in [3.05, 3.63) is 23.2 Å². The highest BCUT2D eigenvalue weighted by Crippen LogP contribution is 2.43. The van der Waals surface area contributed by atoms with Crippen LogP contribution >= 0.6 is 0 Å². The summed E-state index contributed by atoms with van der Waals surface area (Å²) in [6, 6.07) is -1.44. The molecule has 0 saturated heterocycles. The monoisotopic (exact) mass is 243 g/mol. The van der Waals surface area contributed by atoms with E-state index >= 15 is 0 Å². The van der Waals surface area contributed by atoms with E-state index in [0.29, 0.717) is 5.56 Å². The zero-order valence-electron chi connectivity index (χ0n) is 8.53. The van der Waals surface area contributed by atoms with Crippen molar-refractivity contribution < 1.29 is 26.4 Å². The van der Waals surface area contributed by atoms with Crippen molar-refractivity contribution in [3.8, 4) is 0 Å². The first-order valence-corrected chi connectivity index (χ1v) is 4.34. The Morgan fingerprint density at radius 1 is 1.19 bits per heavy atom. The number of aryl methyl sites for hydroxylation is 2. The van der Waals surface area contributed by atoms with E-state index in [0.717, 1.165) is 6.07 Å². The van der Waals surface area contributed by atoms with Gasteiger partial charge in [0.1, 0.15) is 17.6 Å². The van der Waals surface area contributed by atoms with Crippen LogP contribution in [0.15, 0.2) is 10.5 Å². The molecular formula is C9H10F5NO. The van der Waals surface area contributed by atoms with Gasteiger partial charge in [-0.15, -0.1) is 0 Å². The SMILES string of the molecule is Cc1cc([C@H](N)C(F)(F)C(F)(F)F)oc1C. The van der Waals surface area contributed by atoms with E-state index in [2.05, 4.69) is 0 Å². The molecule has 92 valence electrons. The number of furan rings is 1. The molecule has 0 aliphatic carbocycles. The van der Waals surface area contributed by atoms with Crippen LogP contribution < -0.4 is 5.73 Å². The predicted octanol–water partition coefficient (Wildman–Crippen LogP) is 3.09. The molecule has 0 saturated carbocycles. The Morgan fingerprint density at radius 3 is 2.00 bits per heavy atom. The number of nitrogens with two attached hydrogens (primary N) is 1. The third-order valence-electron chi connectivity index (χ3n) is 2.26. The summed E-state index contributed by atoms with van der Waals surface area (Å²) in [4.78, 5) is 0. The fourth-order valence-corrected chi connectivity index (χ4v) is 1.11. The van der Waals surface area contributed by atoms with Crippen LogP contribution in [0.2, 0.25) is 0 Å². The molecule has 1 heterocycles. The van der Waals surface area contributed by atoms with Gasteiger partial charge in [0.25, 0.3) is 0 Å². The quantitative estimate of drug-likeness (QED) is 0.810. The van der Waals surface area contributed by atoms with Gasteiger partial charge in [0.2, 0.25) is 0 Å². The van der Waals surface area contributed by atoms with E-state index < -0.39 is 23.9 Å². The zero-order valence-corrected chi connectivity index (χ0v) is 8.53. The first kappa shape index (κ1) is 13.0. The van der Waals surface area contributed by atoms with Crippen molar-refractivity contribution in [1.82, 2.24) is 0 Å². The minimum Gasteiger partial charge on any atom is -0.464 e. The maximum absolute atomic E-state index is 12.8. The molecule has 16 heavy (non-hydrogen) atoms. The Balaban J connectivity index is 3.07. The predicted molar refractivity (Wildman–Crippen MR) is 46.1 cm³/mol. The smallest absolute Gasteiger partial charge is 0.455 e. The first-order valence-electron chi connectivity index (χ1n) is 4.34. The highest BCUT2D eigenvalue weighted by Gasteiger charge is 2.62. The third-order valence-corrected chi connectivity index (χ3v) is 2.26. The summed E-state index contributed by atoms with van der Waals surface area (Å²) in [6.45, 7) is 2.98. The minimum absolute atomic E-state index is 0.267. The van der Waals surface area contributed by atoms with Crippen LogP contribution in [-0.2, 0) is 0 Å². The standard InChI is InChI=1S/C9H10F5NO/c1-4-3-6(16-5(4)2)7(15)8(10,11)9(12,13)14/h3,7H,15H2,1-2H3/t7-/m0/s1. The Hall–Kier alpha value is -1.11. The van der Waals surface area contributed by atoms with Crippen molar-refractivity contribution in [2.75, 3.05) is 0 Å². The second kappa shape index (κ2) is 3.73. The molecule has 0 bridgehead atoms. The van der Waals surface area contributed by atoms with Crippen LogP contribution in [0.3, 0.4) is 0 Å². The fourth-order valence-electron chi connectivity index (χ4n) is 1.11. The third kappa shape index (κ3) is 2.04. The molecule has 2 nitrogen and oxygen atoms in total. The van der Waals surface area contributed by atoms with Crippen LogP contribution in [0.25, 0.3) is 0 Å². The number of halogens is 5. The molecule has 0 fully saturated rings. The summed E-state index contributed by atoms with van der Waals surface area (Å²) in [5.41, 5.74) is 5.35. The van der Waals surface area contributed by atoms with Gasteiger partial charge >= 0.3 is 12.1 Å². The molecule has 0 aliphatic heterocycles. The summed E-state index contributed by atoms with van der Waals surface area (Å²) < 4.78 is 66.4. The van der Waals surface area contributed by atoms with Crippen molar-refractivity contribution in [2.45, 2.75) is 32.0 Å².